The number of rotatable bonds is 5. The zero-order valence-electron chi connectivity index (χ0n) is 13.7. The minimum atomic E-state index is -0.548. The van der Waals surface area contributed by atoms with Gasteiger partial charge in [-0.15, -0.1) is 0 Å². The molecule has 130 valence electrons. The van der Waals surface area contributed by atoms with E-state index in [0.29, 0.717) is 11.7 Å². The molecule has 8 nitrogen and oxygen atoms in total. The van der Waals surface area contributed by atoms with E-state index >= 15 is 0 Å². The average molecular weight is 360 g/mol. The highest BCUT2D eigenvalue weighted by molar-refractivity contribution is 7.22. The molecule has 0 atom stereocenters. The van der Waals surface area contributed by atoms with Crippen LogP contribution in [0.15, 0.2) is 40.1 Å². The zero-order chi connectivity index (χ0) is 18.0. The van der Waals surface area contributed by atoms with Gasteiger partial charge in [0.05, 0.1) is 16.8 Å². The summed E-state index contributed by atoms with van der Waals surface area (Å²) in [6.07, 6.45) is 1.30. The molecule has 3 rings (SSSR count). The number of carbonyl (C=O) groups is 1. The molecule has 25 heavy (non-hydrogen) atoms. The first-order valence-corrected chi connectivity index (χ1v) is 8.39. The lowest BCUT2D eigenvalue weighted by Gasteiger charge is -2.06. The molecule has 0 radical (unpaired) electrons. The minimum Gasteiger partial charge on any atom is -0.494 e. The van der Waals surface area contributed by atoms with E-state index in [1.165, 1.54) is 30.6 Å². The third kappa shape index (κ3) is 3.61. The fourth-order valence-corrected chi connectivity index (χ4v) is 3.18. The van der Waals surface area contributed by atoms with Gasteiger partial charge in [-0.05, 0) is 25.1 Å². The predicted octanol–water partition coefficient (Wildman–Crippen LogP) is 1.19. The molecular formula is C16H16N4O4S. The molecule has 9 heteroatoms. The number of ether oxygens (including phenoxy) is 1. The van der Waals surface area contributed by atoms with Gasteiger partial charge < -0.3 is 10.1 Å². The normalized spacial score (nSPS) is 10.8. The van der Waals surface area contributed by atoms with Crippen molar-refractivity contribution < 1.29 is 9.53 Å². The van der Waals surface area contributed by atoms with Crippen molar-refractivity contribution in [2.75, 3.05) is 11.9 Å². The molecule has 0 fully saturated rings. The summed E-state index contributed by atoms with van der Waals surface area (Å²) < 4.78 is 8.44. The van der Waals surface area contributed by atoms with E-state index in [-0.39, 0.29) is 6.54 Å². The summed E-state index contributed by atoms with van der Waals surface area (Å²) in [4.78, 5) is 39.8. The lowest BCUT2D eigenvalue weighted by Crippen LogP contribution is -2.38. The van der Waals surface area contributed by atoms with Crippen molar-refractivity contribution in [2.24, 2.45) is 7.05 Å². The van der Waals surface area contributed by atoms with E-state index in [0.717, 1.165) is 25.1 Å². The first-order chi connectivity index (χ1) is 12.0. The van der Waals surface area contributed by atoms with Gasteiger partial charge in [0.25, 0.3) is 5.56 Å². The summed E-state index contributed by atoms with van der Waals surface area (Å²) in [6.45, 7) is 2.28. The third-order valence-corrected chi connectivity index (χ3v) is 4.43. The van der Waals surface area contributed by atoms with Crippen molar-refractivity contribution in [2.45, 2.75) is 13.5 Å². The number of aromatic nitrogens is 3. The number of amides is 1. The van der Waals surface area contributed by atoms with Crippen molar-refractivity contribution in [3.05, 3.63) is 51.3 Å². The molecule has 0 aliphatic heterocycles. The molecule has 2 heterocycles. The van der Waals surface area contributed by atoms with Gasteiger partial charge in [-0.2, -0.15) is 0 Å². The maximum absolute atomic E-state index is 12.2. The number of nitrogens with zero attached hydrogens (tertiary/aromatic N) is 3. The highest BCUT2D eigenvalue weighted by Crippen LogP contribution is 2.29. The summed E-state index contributed by atoms with van der Waals surface area (Å²) in [6, 6.07) is 6.75. The number of hydrogen-bond donors (Lipinski definition) is 1. The summed E-state index contributed by atoms with van der Waals surface area (Å²) in [7, 11) is 1.36. The minimum absolute atomic E-state index is 0.201. The average Bonchev–Trinajstić information content (AvgIpc) is 2.97. The van der Waals surface area contributed by atoms with Crippen LogP contribution >= 0.6 is 11.3 Å². The molecule has 0 spiro atoms. The van der Waals surface area contributed by atoms with Crippen LogP contribution in [0, 0.1) is 0 Å². The predicted molar refractivity (Wildman–Crippen MR) is 95.4 cm³/mol. The molecule has 0 saturated carbocycles. The molecule has 0 aliphatic rings. The lowest BCUT2D eigenvalue weighted by molar-refractivity contribution is -0.116. The van der Waals surface area contributed by atoms with Crippen LogP contribution < -0.4 is 21.3 Å². The fourth-order valence-electron chi connectivity index (χ4n) is 2.26. The van der Waals surface area contributed by atoms with E-state index in [4.69, 9.17) is 4.74 Å². The smallest absolute Gasteiger partial charge is 0.331 e. The van der Waals surface area contributed by atoms with Gasteiger partial charge in [-0.3, -0.25) is 18.7 Å². The Hall–Kier alpha value is -2.94. The van der Waals surface area contributed by atoms with Crippen LogP contribution in [0.1, 0.15) is 6.92 Å². The Kier molecular flexibility index (Phi) is 4.66. The molecule has 0 aliphatic carbocycles. The molecule has 1 amide bonds. The number of nitrogens with one attached hydrogen (secondary N) is 1. The van der Waals surface area contributed by atoms with E-state index in [1.54, 1.807) is 0 Å². The molecule has 0 bridgehead atoms. The summed E-state index contributed by atoms with van der Waals surface area (Å²) in [5.74, 6) is 0.345. The fraction of sp³-hybridized carbons (Fsp3) is 0.250. The molecule has 0 unspecified atom stereocenters. The van der Waals surface area contributed by atoms with Crippen LogP contribution in [-0.2, 0) is 18.4 Å². The Morgan fingerprint density at radius 2 is 2.12 bits per heavy atom. The number of fused-ring (bicyclic) bond motifs is 1. The van der Waals surface area contributed by atoms with Crippen molar-refractivity contribution >= 4 is 32.6 Å². The van der Waals surface area contributed by atoms with Crippen molar-refractivity contribution in [1.29, 1.82) is 0 Å². The molecule has 1 N–H and O–H groups in total. The lowest BCUT2D eigenvalue weighted by atomic mass is 10.3. The summed E-state index contributed by atoms with van der Waals surface area (Å²) >= 11 is 1.32. The van der Waals surface area contributed by atoms with Crippen molar-refractivity contribution in [3.63, 3.8) is 0 Å². The second-order valence-electron chi connectivity index (χ2n) is 5.25. The van der Waals surface area contributed by atoms with Gasteiger partial charge in [-0.1, -0.05) is 11.3 Å². The van der Waals surface area contributed by atoms with Crippen LogP contribution in [-0.4, -0.2) is 26.6 Å². The number of thiazole rings is 1. The van der Waals surface area contributed by atoms with Crippen LogP contribution in [0.25, 0.3) is 10.2 Å². The number of carbonyl (C=O) groups excluding carboxylic acids is 1. The second-order valence-corrected chi connectivity index (χ2v) is 6.28. The first kappa shape index (κ1) is 16.9. The maximum Gasteiger partial charge on any atom is 0.331 e. The standard InChI is InChI=1S/C16H16N4O4S/c1-3-24-10-4-5-11-12(8-10)25-15(17-11)18-13(21)9-20-7-6-14(22)19(2)16(20)23/h4-8H,3,9H2,1-2H3,(H,17,18,21). The Morgan fingerprint density at radius 3 is 2.88 bits per heavy atom. The molecule has 2 aromatic heterocycles. The first-order valence-electron chi connectivity index (χ1n) is 7.57. The van der Waals surface area contributed by atoms with Crippen LogP contribution in [0.3, 0.4) is 0 Å². The maximum atomic E-state index is 12.2. The van der Waals surface area contributed by atoms with Gasteiger partial charge >= 0.3 is 5.69 Å². The SMILES string of the molecule is CCOc1ccc2nc(NC(=O)Cn3ccc(=O)n(C)c3=O)sc2c1. The van der Waals surface area contributed by atoms with Crippen LogP contribution in [0.4, 0.5) is 5.13 Å². The van der Waals surface area contributed by atoms with Crippen molar-refractivity contribution in [3.8, 4) is 5.75 Å². The van der Waals surface area contributed by atoms with E-state index in [2.05, 4.69) is 10.3 Å². The zero-order valence-corrected chi connectivity index (χ0v) is 14.5. The largest absolute Gasteiger partial charge is 0.494 e. The Bertz CT molecular complexity index is 1050. The second kappa shape index (κ2) is 6.89. The van der Waals surface area contributed by atoms with Crippen LogP contribution in [0.2, 0.25) is 0 Å². The van der Waals surface area contributed by atoms with E-state index in [1.807, 2.05) is 25.1 Å². The van der Waals surface area contributed by atoms with Gasteiger partial charge in [0.1, 0.15) is 12.3 Å². The van der Waals surface area contributed by atoms with Gasteiger partial charge in [0.15, 0.2) is 5.13 Å². The number of benzene rings is 1. The Labute approximate surface area is 146 Å². The van der Waals surface area contributed by atoms with Crippen molar-refractivity contribution in [1.82, 2.24) is 14.1 Å². The Balaban J connectivity index is 1.77. The number of hydrogen-bond acceptors (Lipinski definition) is 6. The van der Waals surface area contributed by atoms with Crippen LogP contribution in [0.5, 0.6) is 5.75 Å². The third-order valence-electron chi connectivity index (χ3n) is 3.49. The monoisotopic (exact) mass is 360 g/mol. The van der Waals surface area contributed by atoms with E-state index < -0.39 is 17.2 Å². The van der Waals surface area contributed by atoms with Gasteiger partial charge in [0.2, 0.25) is 5.91 Å². The topological polar surface area (TPSA) is 95.2 Å². The number of anilines is 1. The molecule has 0 saturated heterocycles. The Morgan fingerprint density at radius 1 is 1.32 bits per heavy atom. The van der Waals surface area contributed by atoms with Gasteiger partial charge in [-0.25, -0.2) is 9.78 Å². The summed E-state index contributed by atoms with van der Waals surface area (Å²) in [5, 5.41) is 3.11. The molecule has 3 aromatic rings. The highest BCUT2D eigenvalue weighted by Gasteiger charge is 2.11. The summed E-state index contributed by atoms with van der Waals surface area (Å²) in [5.41, 5.74) is -0.214. The van der Waals surface area contributed by atoms with E-state index in [9.17, 15) is 14.4 Å². The van der Waals surface area contributed by atoms with Gasteiger partial charge in [0, 0.05) is 19.3 Å². The quantitative estimate of drug-likeness (QED) is 0.737. The highest BCUT2D eigenvalue weighted by atomic mass is 32.1. The molecule has 1 aromatic carbocycles. The molecular weight excluding hydrogens is 344 g/mol.